The van der Waals surface area contributed by atoms with Crippen LogP contribution in [0, 0.1) is 13.8 Å². The third-order valence-corrected chi connectivity index (χ3v) is 5.47. The van der Waals surface area contributed by atoms with Gasteiger partial charge in [-0.1, -0.05) is 12.1 Å². The van der Waals surface area contributed by atoms with Crippen molar-refractivity contribution in [2.24, 2.45) is 0 Å². The number of aryl methyl sites for hydroxylation is 2. The van der Waals surface area contributed by atoms with Crippen molar-refractivity contribution < 1.29 is 9.90 Å². The Labute approximate surface area is 176 Å². The molecule has 0 aliphatic heterocycles. The number of imidazole rings is 2. The molecule has 5 aromatic rings. The van der Waals surface area contributed by atoms with Gasteiger partial charge in [-0.05, 0) is 49.7 Å². The molecule has 0 fully saturated rings. The number of nitrogens with zero attached hydrogens (tertiary/aromatic N) is 5. The molecule has 0 saturated heterocycles. The van der Waals surface area contributed by atoms with Crippen LogP contribution in [0.5, 0.6) is 0 Å². The summed E-state index contributed by atoms with van der Waals surface area (Å²) in [6.07, 6.45) is 5.44. The van der Waals surface area contributed by atoms with Crippen LogP contribution in [0.2, 0.25) is 0 Å². The number of carboxylic acids is 1. The molecular weight excluding hydrogens is 394 g/mol. The standard InChI is InChI=1S/C23H19N5O3/c1-14-5-3-7-19-22(14)28(23(31)27(19)12-21(29)30)18-9-8-17(25-15(18)2)16-6-4-10-26-13-24-11-20(16)26/h3-11,13H,12H2,1-2H3,(H,29,30). The Kier molecular flexibility index (Phi) is 4.21. The molecule has 154 valence electrons. The average Bonchev–Trinajstić information content (AvgIpc) is 3.32. The second-order valence-corrected chi connectivity index (χ2v) is 7.45. The van der Waals surface area contributed by atoms with E-state index in [1.165, 1.54) is 4.57 Å². The van der Waals surface area contributed by atoms with Gasteiger partial charge in [-0.25, -0.2) is 9.78 Å². The minimum Gasteiger partial charge on any atom is -0.480 e. The van der Waals surface area contributed by atoms with Gasteiger partial charge in [0.15, 0.2) is 0 Å². The zero-order valence-electron chi connectivity index (χ0n) is 17.0. The van der Waals surface area contributed by atoms with E-state index in [1.807, 2.05) is 60.8 Å². The highest BCUT2D eigenvalue weighted by atomic mass is 16.4. The molecule has 0 unspecified atom stereocenters. The van der Waals surface area contributed by atoms with Crippen molar-refractivity contribution in [2.75, 3.05) is 0 Å². The largest absolute Gasteiger partial charge is 0.480 e. The van der Waals surface area contributed by atoms with Crippen LogP contribution >= 0.6 is 0 Å². The van der Waals surface area contributed by atoms with Gasteiger partial charge >= 0.3 is 11.7 Å². The van der Waals surface area contributed by atoms with Crippen LogP contribution in [0.3, 0.4) is 0 Å². The average molecular weight is 413 g/mol. The zero-order valence-corrected chi connectivity index (χ0v) is 17.0. The number of aromatic nitrogens is 5. The molecule has 0 amide bonds. The Hall–Kier alpha value is -4.20. The van der Waals surface area contributed by atoms with Crippen LogP contribution in [-0.2, 0) is 11.3 Å². The topological polar surface area (TPSA) is 94.4 Å². The minimum atomic E-state index is -1.07. The number of benzene rings is 1. The summed E-state index contributed by atoms with van der Waals surface area (Å²) in [5.74, 6) is -1.07. The van der Waals surface area contributed by atoms with Gasteiger partial charge < -0.3 is 9.51 Å². The molecule has 8 nitrogen and oxygen atoms in total. The van der Waals surface area contributed by atoms with E-state index in [0.29, 0.717) is 22.4 Å². The van der Waals surface area contributed by atoms with Gasteiger partial charge in [-0.3, -0.25) is 18.9 Å². The predicted molar refractivity (Wildman–Crippen MR) is 117 cm³/mol. The Bertz CT molecular complexity index is 1540. The molecule has 0 saturated carbocycles. The van der Waals surface area contributed by atoms with Gasteiger partial charge in [0.05, 0.1) is 46.1 Å². The maximum Gasteiger partial charge on any atom is 0.334 e. The Balaban J connectivity index is 1.73. The van der Waals surface area contributed by atoms with Gasteiger partial charge in [0.25, 0.3) is 0 Å². The first-order chi connectivity index (χ1) is 15.0. The molecule has 4 aromatic heterocycles. The number of pyridine rings is 2. The lowest BCUT2D eigenvalue weighted by molar-refractivity contribution is -0.137. The molecule has 31 heavy (non-hydrogen) atoms. The Morgan fingerprint density at radius 3 is 2.68 bits per heavy atom. The fourth-order valence-electron chi connectivity index (χ4n) is 4.09. The van der Waals surface area contributed by atoms with E-state index in [9.17, 15) is 14.7 Å². The summed E-state index contributed by atoms with van der Waals surface area (Å²) in [7, 11) is 0. The number of fused-ring (bicyclic) bond motifs is 2. The fourth-order valence-corrected chi connectivity index (χ4v) is 4.09. The zero-order chi connectivity index (χ0) is 21.7. The lowest BCUT2D eigenvalue weighted by Gasteiger charge is -2.11. The highest BCUT2D eigenvalue weighted by molar-refractivity contribution is 5.83. The quantitative estimate of drug-likeness (QED) is 0.488. The van der Waals surface area contributed by atoms with Crippen LogP contribution in [0.25, 0.3) is 33.5 Å². The summed E-state index contributed by atoms with van der Waals surface area (Å²) in [4.78, 5) is 33.6. The highest BCUT2D eigenvalue weighted by Crippen LogP contribution is 2.27. The fraction of sp³-hybridized carbons (Fsp3) is 0.130. The van der Waals surface area contributed by atoms with Crippen molar-refractivity contribution in [3.05, 3.63) is 82.9 Å². The summed E-state index contributed by atoms with van der Waals surface area (Å²) in [5.41, 5.74) is 5.68. The molecule has 0 bridgehead atoms. The first-order valence-electron chi connectivity index (χ1n) is 9.77. The molecule has 4 heterocycles. The summed E-state index contributed by atoms with van der Waals surface area (Å²) in [5, 5.41) is 9.30. The molecule has 0 spiro atoms. The molecule has 8 heteroatoms. The third kappa shape index (κ3) is 2.92. The van der Waals surface area contributed by atoms with Crippen LogP contribution in [-0.4, -0.2) is 34.6 Å². The minimum absolute atomic E-state index is 0.401. The maximum absolute atomic E-state index is 13.2. The van der Waals surface area contributed by atoms with Crippen LogP contribution in [0.4, 0.5) is 0 Å². The van der Waals surface area contributed by atoms with Gasteiger partial charge in [-0.15, -0.1) is 0 Å². The lowest BCUT2D eigenvalue weighted by atomic mass is 10.1. The van der Waals surface area contributed by atoms with Gasteiger partial charge in [0.2, 0.25) is 0 Å². The first kappa shape index (κ1) is 18.8. The monoisotopic (exact) mass is 413 g/mol. The molecule has 5 rings (SSSR count). The third-order valence-electron chi connectivity index (χ3n) is 5.47. The van der Waals surface area contributed by atoms with E-state index >= 15 is 0 Å². The summed E-state index contributed by atoms with van der Waals surface area (Å²) in [6, 6.07) is 13.1. The molecule has 1 aromatic carbocycles. The number of carboxylic acid groups (broad SMARTS) is 1. The van der Waals surface area contributed by atoms with Gasteiger partial charge in [0.1, 0.15) is 6.54 Å². The van der Waals surface area contributed by atoms with E-state index in [1.54, 1.807) is 23.2 Å². The molecule has 0 aliphatic carbocycles. The summed E-state index contributed by atoms with van der Waals surface area (Å²) >= 11 is 0. The van der Waals surface area contributed by atoms with Crippen LogP contribution in [0.15, 0.2) is 66.0 Å². The SMILES string of the molecule is Cc1nc(-c2cccn3cncc23)ccc1-n1c(=O)n(CC(=O)O)c2cccc(C)c21. The van der Waals surface area contributed by atoms with E-state index in [2.05, 4.69) is 4.98 Å². The maximum atomic E-state index is 13.2. The predicted octanol–water partition coefficient (Wildman–Crippen LogP) is 3.20. The number of para-hydroxylation sites is 1. The molecule has 0 radical (unpaired) electrons. The first-order valence-corrected chi connectivity index (χ1v) is 9.77. The van der Waals surface area contributed by atoms with Crippen LogP contribution in [0.1, 0.15) is 11.3 Å². The van der Waals surface area contributed by atoms with Gasteiger partial charge in [-0.2, -0.15) is 0 Å². The van der Waals surface area contributed by atoms with E-state index in [0.717, 1.165) is 22.3 Å². The Morgan fingerprint density at radius 2 is 1.90 bits per heavy atom. The van der Waals surface area contributed by atoms with Crippen molar-refractivity contribution >= 4 is 22.5 Å². The Morgan fingerprint density at radius 1 is 1.06 bits per heavy atom. The summed E-state index contributed by atoms with van der Waals surface area (Å²) < 4.78 is 4.76. The molecule has 0 aliphatic rings. The number of aliphatic carboxylic acids is 1. The van der Waals surface area contributed by atoms with Crippen molar-refractivity contribution in [3.63, 3.8) is 0 Å². The van der Waals surface area contributed by atoms with Crippen LogP contribution < -0.4 is 5.69 Å². The summed E-state index contributed by atoms with van der Waals surface area (Å²) in [6.45, 7) is 3.35. The second kappa shape index (κ2) is 6.94. The number of hydrogen-bond donors (Lipinski definition) is 1. The molecule has 0 atom stereocenters. The van der Waals surface area contributed by atoms with Crippen molar-refractivity contribution in [1.29, 1.82) is 0 Å². The van der Waals surface area contributed by atoms with Crippen molar-refractivity contribution in [3.8, 4) is 16.9 Å². The van der Waals surface area contributed by atoms with E-state index < -0.39 is 18.2 Å². The van der Waals surface area contributed by atoms with E-state index in [4.69, 9.17) is 4.98 Å². The smallest absolute Gasteiger partial charge is 0.334 e. The number of rotatable bonds is 4. The van der Waals surface area contributed by atoms with Gasteiger partial charge in [0, 0.05) is 11.8 Å². The normalized spacial score (nSPS) is 11.4. The van der Waals surface area contributed by atoms with E-state index in [-0.39, 0.29) is 0 Å². The number of carbonyl (C=O) groups is 1. The van der Waals surface area contributed by atoms with Crippen molar-refractivity contribution in [2.45, 2.75) is 20.4 Å². The second-order valence-electron chi connectivity index (χ2n) is 7.45. The van der Waals surface area contributed by atoms with Crippen molar-refractivity contribution in [1.82, 2.24) is 23.5 Å². The highest BCUT2D eigenvalue weighted by Gasteiger charge is 2.20. The molecule has 1 N–H and O–H groups in total. The molecular formula is C23H19N5O3. The lowest BCUT2D eigenvalue weighted by Crippen LogP contribution is -2.26. The number of hydrogen-bond acceptors (Lipinski definition) is 4.